The maximum absolute atomic E-state index is 13.2. The van der Waals surface area contributed by atoms with E-state index < -0.39 is 35.1 Å². The Bertz CT molecular complexity index is 435. The van der Waals surface area contributed by atoms with Crippen molar-refractivity contribution in [3.05, 3.63) is 35.4 Å². The first-order valence-electron chi connectivity index (χ1n) is 4.47. The molecule has 16 heavy (non-hydrogen) atoms. The van der Waals surface area contributed by atoms with E-state index in [0.717, 1.165) is 12.1 Å². The van der Waals surface area contributed by atoms with Crippen molar-refractivity contribution in [1.29, 1.82) is 0 Å². The van der Waals surface area contributed by atoms with E-state index in [2.05, 4.69) is 5.32 Å². The summed E-state index contributed by atoms with van der Waals surface area (Å²) in [6.07, 6.45) is 0. The van der Waals surface area contributed by atoms with Crippen molar-refractivity contribution < 1.29 is 18.4 Å². The van der Waals surface area contributed by atoms with E-state index in [1.54, 1.807) is 0 Å². The molecule has 6 heteroatoms. The van der Waals surface area contributed by atoms with Gasteiger partial charge in [0.15, 0.2) is 11.6 Å². The first-order chi connectivity index (χ1) is 7.43. The zero-order chi connectivity index (χ0) is 12.3. The third kappa shape index (κ3) is 2.53. The van der Waals surface area contributed by atoms with Gasteiger partial charge in [-0.2, -0.15) is 0 Å². The summed E-state index contributed by atoms with van der Waals surface area (Å²) < 4.78 is 25.9. The number of hydrogen-bond acceptors (Lipinski definition) is 2. The normalized spacial score (nSPS) is 11.9. The lowest BCUT2D eigenvalue weighted by Crippen LogP contribution is -2.42. The molecular formula is C10H10F2N2O2. The highest BCUT2D eigenvalue weighted by molar-refractivity contribution is 5.97. The standard InChI is InChI=1S/C10H10F2N2O2/c1-5(9(13)15)14-10(16)6-3-2-4-7(11)8(6)12/h2-5H,1H3,(H2,13,15)(H,14,16)/t5-/m0/s1. The van der Waals surface area contributed by atoms with Gasteiger partial charge in [0.1, 0.15) is 6.04 Å². The van der Waals surface area contributed by atoms with Crippen LogP contribution in [-0.4, -0.2) is 17.9 Å². The van der Waals surface area contributed by atoms with E-state index in [9.17, 15) is 18.4 Å². The maximum Gasteiger partial charge on any atom is 0.255 e. The van der Waals surface area contributed by atoms with Gasteiger partial charge >= 0.3 is 0 Å². The topological polar surface area (TPSA) is 72.2 Å². The summed E-state index contributed by atoms with van der Waals surface area (Å²) >= 11 is 0. The number of nitrogens with one attached hydrogen (secondary N) is 1. The van der Waals surface area contributed by atoms with Gasteiger partial charge in [-0.15, -0.1) is 0 Å². The Kier molecular flexibility index (Phi) is 3.55. The van der Waals surface area contributed by atoms with Crippen molar-refractivity contribution in [2.24, 2.45) is 5.73 Å². The molecule has 3 N–H and O–H groups in total. The van der Waals surface area contributed by atoms with Gasteiger partial charge < -0.3 is 11.1 Å². The second-order valence-electron chi connectivity index (χ2n) is 3.20. The minimum atomic E-state index is -1.25. The predicted octanol–water partition coefficient (Wildman–Crippen LogP) is 0.568. The number of halogens is 2. The van der Waals surface area contributed by atoms with Crippen molar-refractivity contribution in [3.63, 3.8) is 0 Å². The summed E-state index contributed by atoms with van der Waals surface area (Å²) in [6.45, 7) is 1.34. The highest BCUT2D eigenvalue weighted by Gasteiger charge is 2.18. The Balaban J connectivity index is 2.89. The van der Waals surface area contributed by atoms with E-state index in [-0.39, 0.29) is 0 Å². The fourth-order valence-corrected chi connectivity index (χ4v) is 1.02. The monoisotopic (exact) mass is 228 g/mol. The van der Waals surface area contributed by atoms with E-state index in [0.29, 0.717) is 0 Å². The van der Waals surface area contributed by atoms with Crippen LogP contribution in [0.3, 0.4) is 0 Å². The second kappa shape index (κ2) is 4.69. The highest BCUT2D eigenvalue weighted by Crippen LogP contribution is 2.11. The van der Waals surface area contributed by atoms with Crippen molar-refractivity contribution in [1.82, 2.24) is 5.32 Å². The molecule has 0 aliphatic rings. The van der Waals surface area contributed by atoms with Crippen LogP contribution in [0.1, 0.15) is 17.3 Å². The van der Waals surface area contributed by atoms with Gasteiger partial charge in [0.25, 0.3) is 5.91 Å². The summed E-state index contributed by atoms with van der Waals surface area (Å²) in [5.74, 6) is -4.02. The first kappa shape index (κ1) is 12.1. The average molecular weight is 228 g/mol. The second-order valence-corrected chi connectivity index (χ2v) is 3.20. The number of carbonyl (C=O) groups excluding carboxylic acids is 2. The van der Waals surface area contributed by atoms with Gasteiger partial charge in [0, 0.05) is 0 Å². The number of amides is 2. The first-order valence-corrected chi connectivity index (χ1v) is 4.47. The number of rotatable bonds is 3. The van der Waals surface area contributed by atoms with Gasteiger partial charge in [-0.1, -0.05) is 6.07 Å². The van der Waals surface area contributed by atoms with Crippen LogP contribution in [0.5, 0.6) is 0 Å². The van der Waals surface area contributed by atoms with E-state index in [4.69, 9.17) is 5.73 Å². The summed E-state index contributed by atoms with van der Waals surface area (Å²) in [6, 6.07) is 2.25. The quantitative estimate of drug-likeness (QED) is 0.793. The van der Waals surface area contributed by atoms with Crippen LogP contribution in [-0.2, 0) is 4.79 Å². The summed E-state index contributed by atoms with van der Waals surface area (Å²) in [5.41, 5.74) is 4.44. The fourth-order valence-electron chi connectivity index (χ4n) is 1.02. The van der Waals surface area contributed by atoms with Crippen LogP contribution in [0.4, 0.5) is 8.78 Å². The lowest BCUT2D eigenvalue weighted by Gasteiger charge is -2.10. The largest absolute Gasteiger partial charge is 0.368 e. The van der Waals surface area contributed by atoms with Crippen molar-refractivity contribution in [3.8, 4) is 0 Å². The molecule has 0 bridgehead atoms. The molecule has 86 valence electrons. The minimum absolute atomic E-state index is 0.465. The molecule has 1 aromatic rings. The van der Waals surface area contributed by atoms with Crippen molar-refractivity contribution >= 4 is 11.8 Å². The molecule has 1 atom stereocenters. The lowest BCUT2D eigenvalue weighted by atomic mass is 10.2. The molecule has 1 rings (SSSR count). The van der Waals surface area contributed by atoms with E-state index in [1.165, 1.54) is 13.0 Å². The molecule has 0 aliphatic heterocycles. The maximum atomic E-state index is 13.2. The van der Waals surface area contributed by atoms with Gasteiger partial charge in [-0.3, -0.25) is 9.59 Å². The number of hydrogen-bond donors (Lipinski definition) is 2. The van der Waals surface area contributed by atoms with Gasteiger partial charge in [0.2, 0.25) is 5.91 Å². The molecule has 0 saturated heterocycles. The Morgan fingerprint density at radius 2 is 2.00 bits per heavy atom. The zero-order valence-electron chi connectivity index (χ0n) is 8.46. The number of carbonyl (C=O) groups is 2. The van der Waals surface area contributed by atoms with Gasteiger partial charge in [0.05, 0.1) is 5.56 Å². The Hall–Kier alpha value is -1.98. The third-order valence-corrected chi connectivity index (χ3v) is 1.97. The SMILES string of the molecule is C[C@H](NC(=O)c1cccc(F)c1F)C(N)=O. The molecule has 0 radical (unpaired) electrons. The molecule has 0 unspecified atom stereocenters. The summed E-state index contributed by atoms with van der Waals surface area (Å²) in [4.78, 5) is 22.1. The molecular weight excluding hydrogens is 218 g/mol. The lowest BCUT2D eigenvalue weighted by molar-refractivity contribution is -0.119. The van der Waals surface area contributed by atoms with Crippen LogP contribution in [0, 0.1) is 11.6 Å². The minimum Gasteiger partial charge on any atom is -0.368 e. The van der Waals surface area contributed by atoms with Gasteiger partial charge in [-0.25, -0.2) is 8.78 Å². The molecule has 0 aromatic heterocycles. The van der Waals surface area contributed by atoms with E-state index in [1.807, 2.05) is 0 Å². The number of primary amides is 1. The van der Waals surface area contributed by atoms with Crippen molar-refractivity contribution in [2.45, 2.75) is 13.0 Å². The molecule has 1 aromatic carbocycles. The Labute approximate surface area is 90.4 Å². The highest BCUT2D eigenvalue weighted by atomic mass is 19.2. The molecule has 0 fully saturated rings. The molecule has 4 nitrogen and oxygen atoms in total. The fraction of sp³-hybridized carbons (Fsp3) is 0.200. The summed E-state index contributed by atoms with van der Waals surface area (Å²) in [5, 5.41) is 2.14. The number of nitrogens with two attached hydrogens (primary N) is 1. The van der Waals surface area contributed by atoms with Crippen molar-refractivity contribution in [2.75, 3.05) is 0 Å². The molecule has 0 spiro atoms. The Morgan fingerprint density at radius 3 is 2.56 bits per heavy atom. The van der Waals surface area contributed by atoms with Gasteiger partial charge in [-0.05, 0) is 19.1 Å². The molecule has 0 saturated carbocycles. The summed E-state index contributed by atoms with van der Waals surface area (Å²) in [7, 11) is 0. The van der Waals surface area contributed by atoms with Crippen LogP contribution in [0.15, 0.2) is 18.2 Å². The zero-order valence-corrected chi connectivity index (χ0v) is 8.46. The Morgan fingerprint density at radius 1 is 1.38 bits per heavy atom. The predicted molar refractivity (Wildman–Crippen MR) is 52.5 cm³/mol. The third-order valence-electron chi connectivity index (χ3n) is 1.97. The van der Waals surface area contributed by atoms with Crippen LogP contribution < -0.4 is 11.1 Å². The van der Waals surface area contributed by atoms with Crippen LogP contribution >= 0.6 is 0 Å². The van der Waals surface area contributed by atoms with E-state index >= 15 is 0 Å². The smallest absolute Gasteiger partial charge is 0.255 e. The van der Waals surface area contributed by atoms with Crippen LogP contribution in [0.2, 0.25) is 0 Å². The number of benzene rings is 1. The molecule has 0 heterocycles. The molecule has 2 amide bonds. The van der Waals surface area contributed by atoms with Crippen LogP contribution in [0.25, 0.3) is 0 Å². The average Bonchev–Trinajstić information content (AvgIpc) is 2.21. The molecule has 0 aliphatic carbocycles.